The van der Waals surface area contributed by atoms with E-state index in [0.29, 0.717) is 24.9 Å². The number of amides is 2. The third-order valence-corrected chi connectivity index (χ3v) is 6.72. The van der Waals surface area contributed by atoms with Gasteiger partial charge in [0.15, 0.2) is 0 Å². The molecule has 2 heterocycles. The molecule has 2 aliphatic rings. The maximum atomic E-state index is 13.0. The van der Waals surface area contributed by atoms with Crippen molar-refractivity contribution in [3.8, 4) is 0 Å². The largest absolute Gasteiger partial charge is 0.342 e. The second kappa shape index (κ2) is 9.46. The number of carbonyl (C=O) groups excluding carboxylic acids is 2. The molecule has 4 rings (SSSR count). The average Bonchev–Trinajstić information content (AvgIpc) is 2.80. The minimum absolute atomic E-state index is 0.0674. The predicted molar refractivity (Wildman–Crippen MR) is 119 cm³/mol. The molecule has 4 nitrogen and oxygen atoms in total. The predicted octanol–water partition coefficient (Wildman–Crippen LogP) is 4.33. The molecule has 0 bridgehead atoms. The summed E-state index contributed by atoms with van der Waals surface area (Å²) in [7, 11) is 0. The highest BCUT2D eigenvalue weighted by atomic mass is 16.2. The van der Waals surface area contributed by atoms with Crippen molar-refractivity contribution >= 4 is 11.8 Å². The summed E-state index contributed by atoms with van der Waals surface area (Å²) >= 11 is 0. The summed E-state index contributed by atoms with van der Waals surface area (Å²) in [5, 5.41) is 0. The Morgan fingerprint density at radius 3 is 2.03 bits per heavy atom. The van der Waals surface area contributed by atoms with Crippen LogP contribution in [0.25, 0.3) is 0 Å². The number of rotatable bonds is 4. The van der Waals surface area contributed by atoms with Gasteiger partial charge in [-0.3, -0.25) is 9.59 Å². The molecule has 0 aromatic heterocycles. The zero-order valence-corrected chi connectivity index (χ0v) is 17.9. The number of aryl methyl sites for hydroxylation is 1. The number of likely N-dealkylation sites (tertiary alicyclic amines) is 2. The quantitative estimate of drug-likeness (QED) is 0.761. The highest BCUT2D eigenvalue weighted by Crippen LogP contribution is 2.26. The number of benzene rings is 2. The van der Waals surface area contributed by atoms with Crippen molar-refractivity contribution < 1.29 is 9.59 Å². The molecule has 158 valence electrons. The van der Waals surface area contributed by atoms with Gasteiger partial charge in [-0.1, -0.05) is 48.0 Å². The van der Waals surface area contributed by atoms with E-state index in [9.17, 15) is 9.59 Å². The molecular weight excluding hydrogens is 372 g/mol. The van der Waals surface area contributed by atoms with Crippen LogP contribution >= 0.6 is 0 Å². The smallest absolute Gasteiger partial charge is 0.253 e. The summed E-state index contributed by atoms with van der Waals surface area (Å²) in [6.07, 6.45) is 4.85. The molecule has 2 amide bonds. The highest BCUT2D eigenvalue weighted by molar-refractivity contribution is 5.94. The first-order valence-corrected chi connectivity index (χ1v) is 11.3. The molecule has 0 N–H and O–H groups in total. The van der Waals surface area contributed by atoms with Crippen LogP contribution in [0, 0.1) is 18.8 Å². The molecule has 0 aliphatic carbocycles. The standard InChI is InChI=1S/C26H32N2O2/c1-20-7-9-23(10-8-20)25(29)28-17-13-24(14-18-28)26(30)27-15-11-22(12-16-27)19-21-5-3-2-4-6-21/h2-10,22,24H,11-19H2,1H3. The summed E-state index contributed by atoms with van der Waals surface area (Å²) in [4.78, 5) is 29.7. The van der Waals surface area contributed by atoms with E-state index in [4.69, 9.17) is 0 Å². The van der Waals surface area contributed by atoms with Gasteiger partial charge >= 0.3 is 0 Å². The van der Waals surface area contributed by atoms with E-state index in [1.165, 1.54) is 5.56 Å². The number of piperidine rings is 2. The maximum absolute atomic E-state index is 13.0. The van der Waals surface area contributed by atoms with Gasteiger partial charge in [0, 0.05) is 37.7 Å². The Kier molecular flexibility index (Phi) is 6.51. The van der Waals surface area contributed by atoms with E-state index in [2.05, 4.69) is 35.2 Å². The Bertz CT molecular complexity index is 846. The fraction of sp³-hybridized carbons (Fsp3) is 0.462. The Morgan fingerprint density at radius 2 is 1.40 bits per heavy atom. The Balaban J connectivity index is 1.24. The van der Waals surface area contributed by atoms with Gasteiger partial charge in [-0.25, -0.2) is 0 Å². The number of hydrogen-bond acceptors (Lipinski definition) is 2. The van der Waals surface area contributed by atoms with E-state index in [1.807, 2.05) is 36.1 Å². The van der Waals surface area contributed by atoms with Crippen LogP contribution in [0.1, 0.15) is 47.2 Å². The lowest BCUT2D eigenvalue weighted by atomic mass is 9.88. The Hall–Kier alpha value is -2.62. The van der Waals surface area contributed by atoms with Crippen LogP contribution in [0.2, 0.25) is 0 Å². The maximum Gasteiger partial charge on any atom is 0.253 e. The van der Waals surface area contributed by atoms with Gasteiger partial charge in [0.1, 0.15) is 0 Å². The van der Waals surface area contributed by atoms with Crippen LogP contribution < -0.4 is 0 Å². The first-order chi connectivity index (χ1) is 14.6. The lowest BCUT2D eigenvalue weighted by molar-refractivity contribution is -0.138. The summed E-state index contributed by atoms with van der Waals surface area (Å²) < 4.78 is 0. The SMILES string of the molecule is Cc1ccc(C(=O)N2CCC(C(=O)N3CCC(Cc4ccccc4)CC3)CC2)cc1. The molecule has 0 spiro atoms. The third-order valence-electron chi connectivity index (χ3n) is 6.72. The summed E-state index contributed by atoms with van der Waals surface area (Å²) in [5.74, 6) is 1.13. The molecule has 4 heteroatoms. The molecule has 0 unspecified atom stereocenters. The molecule has 2 saturated heterocycles. The summed E-state index contributed by atoms with van der Waals surface area (Å²) in [6.45, 7) is 5.12. The highest BCUT2D eigenvalue weighted by Gasteiger charge is 2.32. The van der Waals surface area contributed by atoms with E-state index in [1.54, 1.807) is 0 Å². The molecule has 2 fully saturated rings. The molecule has 30 heavy (non-hydrogen) atoms. The van der Waals surface area contributed by atoms with Crippen LogP contribution in [0.4, 0.5) is 0 Å². The van der Waals surface area contributed by atoms with Crippen LogP contribution in [-0.2, 0) is 11.2 Å². The zero-order chi connectivity index (χ0) is 20.9. The van der Waals surface area contributed by atoms with Crippen LogP contribution in [-0.4, -0.2) is 47.8 Å². The minimum atomic E-state index is 0.0674. The van der Waals surface area contributed by atoms with Crippen molar-refractivity contribution in [2.75, 3.05) is 26.2 Å². The van der Waals surface area contributed by atoms with Gasteiger partial charge in [-0.05, 0) is 62.6 Å². The van der Waals surface area contributed by atoms with Gasteiger partial charge < -0.3 is 9.80 Å². The van der Waals surface area contributed by atoms with Gasteiger partial charge in [-0.2, -0.15) is 0 Å². The van der Waals surface area contributed by atoms with E-state index >= 15 is 0 Å². The lowest BCUT2D eigenvalue weighted by Crippen LogP contribution is -2.46. The molecule has 0 atom stereocenters. The summed E-state index contributed by atoms with van der Waals surface area (Å²) in [5.41, 5.74) is 3.29. The zero-order valence-electron chi connectivity index (χ0n) is 17.9. The van der Waals surface area contributed by atoms with Gasteiger partial charge in [-0.15, -0.1) is 0 Å². The molecule has 2 aromatic rings. The Labute approximate surface area is 179 Å². The van der Waals surface area contributed by atoms with Gasteiger partial charge in [0.2, 0.25) is 5.91 Å². The topological polar surface area (TPSA) is 40.6 Å². The normalized spacial score (nSPS) is 18.4. The van der Waals surface area contributed by atoms with Crippen LogP contribution in [0.15, 0.2) is 54.6 Å². The summed E-state index contributed by atoms with van der Waals surface area (Å²) in [6, 6.07) is 18.4. The van der Waals surface area contributed by atoms with Gasteiger partial charge in [0.05, 0.1) is 0 Å². The van der Waals surface area contributed by atoms with Gasteiger partial charge in [0.25, 0.3) is 5.91 Å². The van der Waals surface area contributed by atoms with E-state index in [-0.39, 0.29) is 11.8 Å². The van der Waals surface area contributed by atoms with Crippen LogP contribution in [0.3, 0.4) is 0 Å². The molecular formula is C26H32N2O2. The number of carbonyl (C=O) groups is 2. The van der Waals surface area contributed by atoms with E-state index in [0.717, 1.165) is 56.3 Å². The second-order valence-electron chi connectivity index (χ2n) is 8.89. The van der Waals surface area contributed by atoms with Crippen molar-refractivity contribution in [1.29, 1.82) is 0 Å². The van der Waals surface area contributed by atoms with Crippen molar-refractivity contribution in [3.05, 3.63) is 71.3 Å². The molecule has 2 aliphatic heterocycles. The monoisotopic (exact) mass is 404 g/mol. The second-order valence-corrected chi connectivity index (χ2v) is 8.89. The number of hydrogen-bond donors (Lipinski definition) is 0. The van der Waals surface area contributed by atoms with Crippen molar-refractivity contribution in [2.45, 2.75) is 39.0 Å². The first kappa shape index (κ1) is 20.6. The van der Waals surface area contributed by atoms with Crippen LogP contribution in [0.5, 0.6) is 0 Å². The minimum Gasteiger partial charge on any atom is -0.342 e. The number of nitrogens with zero attached hydrogens (tertiary/aromatic N) is 2. The lowest BCUT2D eigenvalue weighted by Gasteiger charge is -2.37. The fourth-order valence-corrected chi connectivity index (χ4v) is 4.77. The van der Waals surface area contributed by atoms with Crippen molar-refractivity contribution in [1.82, 2.24) is 9.80 Å². The Morgan fingerprint density at radius 1 is 0.800 bits per heavy atom. The van der Waals surface area contributed by atoms with Crippen molar-refractivity contribution in [3.63, 3.8) is 0 Å². The van der Waals surface area contributed by atoms with E-state index < -0.39 is 0 Å². The first-order valence-electron chi connectivity index (χ1n) is 11.3. The fourth-order valence-electron chi connectivity index (χ4n) is 4.77. The molecule has 0 radical (unpaired) electrons. The molecule has 0 saturated carbocycles. The molecule has 2 aromatic carbocycles. The average molecular weight is 405 g/mol. The van der Waals surface area contributed by atoms with Crippen molar-refractivity contribution in [2.24, 2.45) is 11.8 Å². The third kappa shape index (κ3) is 4.92.